The van der Waals surface area contributed by atoms with E-state index in [2.05, 4.69) is 11.9 Å². The Balaban J connectivity index is 2.86. The van der Waals surface area contributed by atoms with Crippen LogP contribution in [0, 0.1) is 0 Å². The molecule has 0 aromatic heterocycles. The summed E-state index contributed by atoms with van der Waals surface area (Å²) >= 11 is 0. The molecule has 0 unspecified atom stereocenters. The molecule has 0 saturated heterocycles. The fourth-order valence-electron chi connectivity index (χ4n) is 1.42. The van der Waals surface area contributed by atoms with Crippen LogP contribution in [-0.2, 0) is 0 Å². The van der Waals surface area contributed by atoms with E-state index in [1.54, 1.807) is 25.3 Å². The number of rotatable bonds is 6. The van der Waals surface area contributed by atoms with Crippen molar-refractivity contribution in [2.75, 3.05) is 20.3 Å². The standard InChI is InChI=1S/C14H19NO3/c1-5-18-13-8-11(6-7-12(13)17-4)14(16)15-9-10(2)3/h6-8H,2,5,9H2,1,3-4H3,(H,15,16). The quantitative estimate of drug-likeness (QED) is 0.787. The summed E-state index contributed by atoms with van der Waals surface area (Å²) in [6, 6.07) is 5.10. The summed E-state index contributed by atoms with van der Waals surface area (Å²) in [5.41, 5.74) is 1.45. The SMILES string of the molecule is C=C(C)CNC(=O)c1ccc(OC)c(OCC)c1. The summed E-state index contributed by atoms with van der Waals surface area (Å²) in [5, 5.41) is 2.77. The Morgan fingerprint density at radius 2 is 2.11 bits per heavy atom. The molecule has 0 saturated carbocycles. The minimum Gasteiger partial charge on any atom is -0.493 e. The molecule has 18 heavy (non-hydrogen) atoms. The summed E-state index contributed by atoms with van der Waals surface area (Å²) in [5.74, 6) is 1.04. The molecule has 0 atom stereocenters. The molecule has 1 aromatic carbocycles. The predicted molar refractivity (Wildman–Crippen MR) is 71.3 cm³/mol. The van der Waals surface area contributed by atoms with Crippen LogP contribution in [0.1, 0.15) is 24.2 Å². The van der Waals surface area contributed by atoms with Crippen molar-refractivity contribution in [3.8, 4) is 11.5 Å². The highest BCUT2D eigenvalue weighted by atomic mass is 16.5. The van der Waals surface area contributed by atoms with E-state index in [1.165, 1.54) is 0 Å². The minimum absolute atomic E-state index is 0.151. The van der Waals surface area contributed by atoms with Crippen LogP contribution in [0.4, 0.5) is 0 Å². The summed E-state index contributed by atoms with van der Waals surface area (Å²) in [7, 11) is 1.57. The molecule has 0 fully saturated rings. The second-order valence-electron chi connectivity index (χ2n) is 3.94. The maximum atomic E-state index is 11.9. The maximum absolute atomic E-state index is 11.9. The van der Waals surface area contributed by atoms with Gasteiger partial charge in [0.2, 0.25) is 0 Å². The third-order valence-electron chi connectivity index (χ3n) is 2.28. The number of benzene rings is 1. The third kappa shape index (κ3) is 3.80. The smallest absolute Gasteiger partial charge is 0.251 e. The first-order valence-electron chi connectivity index (χ1n) is 5.82. The van der Waals surface area contributed by atoms with Gasteiger partial charge in [0.25, 0.3) is 5.91 Å². The van der Waals surface area contributed by atoms with Crippen molar-refractivity contribution in [1.29, 1.82) is 0 Å². The lowest BCUT2D eigenvalue weighted by atomic mass is 10.2. The molecule has 0 bridgehead atoms. The monoisotopic (exact) mass is 249 g/mol. The zero-order valence-electron chi connectivity index (χ0n) is 11.1. The summed E-state index contributed by atoms with van der Waals surface area (Å²) in [4.78, 5) is 11.9. The molecular formula is C14H19NO3. The van der Waals surface area contributed by atoms with Crippen LogP contribution < -0.4 is 14.8 Å². The number of ether oxygens (including phenoxy) is 2. The molecule has 0 heterocycles. The van der Waals surface area contributed by atoms with Gasteiger partial charge in [0.05, 0.1) is 13.7 Å². The Morgan fingerprint density at radius 3 is 2.67 bits per heavy atom. The first kappa shape index (κ1) is 14.1. The predicted octanol–water partition coefficient (Wildman–Crippen LogP) is 2.40. The summed E-state index contributed by atoms with van der Waals surface area (Å²) < 4.78 is 10.6. The average molecular weight is 249 g/mol. The fraction of sp³-hybridized carbons (Fsp3) is 0.357. The van der Waals surface area contributed by atoms with Crippen LogP contribution in [-0.4, -0.2) is 26.2 Å². The van der Waals surface area contributed by atoms with E-state index in [1.807, 2.05) is 13.8 Å². The van der Waals surface area contributed by atoms with Crippen LogP contribution in [0.5, 0.6) is 11.5 Å². The Bertz CT molecular complexity index is 441. The molecule has 1 amide bonds. The molecule has 0 aliphatic carbocycles. The third-order valence-corrected chi connectivity index (χ3v) is 2.28. The lowest BCUT2D eigenvalue weighted by Gasteiger charge is -2.11. The number of nitrogens with one attached hydrogen (secondary N) is 1. The zero-order valence-corrected chi connectivity index (χ0v) is 11.1. The highest BCUT2D eigenvalue weighted by Crippen LogP contribution is 2.27. The molecule has 0 spiro atoms. The van der Waals surface area contributed by atoms with Crippen molar-refractivity contribution in [2.45, 2.75) is 13.8 Å². The summed E-state index contributed by atoms with van der Waals surface area (Å²) in [6.45, 7) is 8.47. The number of carbonyl (C=O) groups excluding carboxylic acids is 1. The number of carbonyl (C=O) groups is 1. The second-order valence-corrected chi connectivity index (χ2v) is 3.94. The van der Waals surface area contributed by atoms with E-state index >= 15 is 0 Å². The molecule has 4 heteroatoms. The highest BCUT2D eigenvalue weighted by molar-refractivity contribution is 5.95. The maximum Gasteiger partial charge on any atom is 0.251 e. The van der Waals surface area contributed by atoms with Crippen LogP contribution in [0.15, 0.2) is 30.4 Å². The van der Waals surface area contributed by atoms with Gasteiger partial charge >= 0.3 is 0 Å². The zero-order chi connectivity index (χ0) is 13.5. The van der Waals surface area contributed by atoms with Gasteiger partial charge in [-0.25, -0.2) is 0 Å². The number of amides is 1. The largest absolute Gasteiger partial charge is 0.493 e. The van der Waals surface area contributed by atoms with E-state index in [9.17, 15) is 4.79 Å². The van der Waals surface area contributed by atoms with Gasteiger partial charge in [-0.05, 0) is 32.0 Å². The van der Waals surface area contributed by atoms with Gasteiger partial charge in [-0.1, -0.05) is 12.2 Å². The van der Waals surface area contributed by atoms with E-state index < -0.39 is 0 Å². The number of methoxy groups -OCH3 is 1. The van der Waals surface area contributed by atoms with Gasteiger partial charge in [0.15, 0.2) is 11.5 Å². The van der Waals surface area contributed by atoms with Crippen molar-refractivity contribution in [1.82, 2.24) is 5.32 Å². The Hall–Kier alpha value is -1.97. The fourth-order valence-corrected chi connectivity index (χ4v) is 1.42. The molecule has 0 aliphatic rings. The van der Waals surface area contributed by atoms with Gasteiger partial charge in [-0.15, -0.1) is 0 Å². The molecule has 0 radical (unpaired) electrons. The minimum atomic E-state index is -0.151. The van der Waals surface area contributed by atoms with Gasteiger partial charge in [-0.2, -0.15) is 0 Å². The first-order chi connectivity index (χ1) is 8.58. The van der Waals surface area contributed by atoms with E-state index in [-0.39, 0.29) is 5.91 Å². The van der Waals surface area contributed by atoms with Crippen LogP contribution in [0.25, 0.3) is 0 Å². The topological polar surface area (TPSA) is 47.6 Å². The Labute approximate surface area is 108 Å². The average Bonchev–Trinajstić information content (AvgIpc) is 2.36. The molecule has 4 nitrogen and oxygen atoms in total. The normalized spacial score (nSPS) is 9.72. The van der Waals surface area contributed by atoms with E-state index in [0.717, 1.165) is 5.57 Å². The Morgan fingerprint density at radius 1 is 1.39 bits per heavy atom. The lowest BCUT2D eigenvalue weighted by Crippen LogP contribution is -2.24. The molecule has 98 valence electrons. The second kappa shape index (κ2) is 6.69. The van der Waals surface area contributed by atoms with Gasteiger partial charge in [-0.3, -0.25) is 4.79 Å². The first-order valence-corrected chi connectivity index (χ1v) is 5.82. The van der Waals surface area contributed by atoms with Crippen molar-refractivity contribution >= 4 is 5.91 Å². The Kier molecular flexibility index (Phi) is 5.24. The lowest BCUT2D eigenvalue weighted by molar-refractivity contribution is 0.0956. The van der Waals surface area contributed by atoms with E-state index in [4.69, 9.17) is 9.47 Å². The molecule has 1 rings (SSSR count). The van der Waals surface area contributed by atoms with Gasteiger partial charge in [0, 0.05) is 12.1 Å². The van der Waals surface area contributed by atoms with Crippen molar-refractivity contribution < 1.29 is 14.3 Å². The van der Waals surface area contributed by atoms with E-state index in [0.29, 0.717) is 30.2 Å². The van der Waals surface area contributed by atoms with Gasteiger partial charge < -0.3 is 14.8 Å². The summed E-state index contributed by atoms with van der Waals surface area (Å²) in [6.07, 6.45) is 0. The van der Waals surface area contributed by atoms with Crippen LogP contribution in [0.3, 0.4) is 0 Å². The molecule has 0 aliphatic heterocycles. The van der Waals surface area contributed by atoms with Crippen molar-refractivity contribution in [3.05, 3.63) is 35.9 Å². The highest BCUT2D eigenvalue weighted by Gasteiger charge is 2.10. The van der Waals surface area contributed by atoms with Crippen molar-refractivity contribution in [2.24, 2.45) is 0 Å². The van der Waals surface area contributed by atoms with Gasteiger partial charge in [0.1, 0.15) is 0 Å². The van der Waals surface area contributed by atoms with Crippen LogP contribution in [0.2, 0.25) is 0 Å². The molecular weight excluding hydrogens is 230 g/mol. The molecule has 1 aromatic rings. The van der Waals surface area contributed by atoms with Crippen molar-refractivity contribution in [3.63, 3.8) is 0 Å². The molecule has 1 N–H and O–H groups in total. The number of hydrogen-bond donors (Lipinski definition) is 1. The van der Waals surface area contributed by atoms with Crippen LogP contribution >= 0.6 is 0 Å². The number of hydrogen-bond acceptors (Lipinski definition) is 3.